The largest absolute Gasteiger partial charge is 0.319 e. The molecule has 3 heteroatoms. The Morgan fingerprint density at radius 3 is 2.71 bits per heavy atom. The van der Waals surface area contributed by atoms with Gasteiger partial charge in [-0.2, -0.15) is 0 Å². The number of halogens is 2. The van der Waals surface area contributed by atoms with Crippen molar-refractivity contribution in [2.75, 3.05) is 13.6 Å². The third kappa shape index (κ3) is 3.08. The van der Waals surface area contributed by atoms with E-state index in [0.717, 1.165) is 18.9 Å². The van der Waals surface area contributed by atoms with Gasteiger partial charge in [0.25, 0.3) is 0 Å². The maximum Gasteiger partial charge on any atom is 0.137 e. The molecule has 1 aromatic carbocycles. The van der Waals surface area contributed by atoms with Crippen molar-refractivity contribution in [3.8, 4) is 0 Å². The standard InChI is InChI=1S/C14H19BrFN/c1-14(9-17-2,11-4-5-11)8-10-3-6-13(16)12(15)7-10/h3,6-7,11,17H,4-5,8-9H2,1-2H3. The van der Waals surface area contributed by atoms with Crippen molar-refractivity contribution in [1.29, 1.82) is 0 Å². The van der Waals surface area contributed by atoms with E-state index in [1.165, 1.54) is 18.4 Å². The molecule has 0 aromatic heterocycles. The van der Waals surface area contributed by atoms with Crippen LogP contribution in [0.5, 0.6) is 0 Å². The SMILES string of the molecule is CNCC(C)(Cc1ccc(F)c(Br)c1)C1CC1. The molecule has 1 fully saturated rings. The van der Waals surface area contributed by atoms with Crippen LogP contribution in [0.4, 0.5) is 4.39 Å². The molecule has 1 N–H and O–H groups in total. The lowest BCUT2D eigenvalue weighted by Crippen LogP contribution is -2.33. The van der Waals surface area contributed by atoms with Gasteiger partial charge in [0.15, 0.2) is 0 Å². The molecular weight excluding hydrogens is 281 g/mol. The van der Waals surface area contributed by atoms with E-state index in [9.17, 15) is 4.39 Å². The van der Waals surface area contributed by atoms with Crippen LogP contribution < -0.4 is 5.32 Å². The van der Waals surface area contributed by atoms with Crippen LogP contribution in [0.25, 0.3) is 0 Å². The first-order chi connectivity index (χ1) is 8.05. The fourth-order valence-corrected chi connectivity index (χ4v) is 3.08. The Morgan fingerprint density at radius 1 is 1.47 bits per heavy atom. The molecule has 17 heavy (non-hydrogen) atoms. The summed E-state index contributed by atoms with van der Waals surface area (Å²) in [4.78, 5) is 0. The lowest BCUT2D eigenvalue weighted by atomic mass is 9.79. The van der Waals surface area contributed by atoms with E-state index in [2.05, 4.69) is 28.2 Å². The molecule has 0 radical (unpaired) electrons. The van der Waals surface area contributed by atoms with Crippen LogP contribution in [-0.4, -0.2) is 13.6 Å². The molecule has 1 aliphatic rings. The van der Waals surface area contributed by atoms with E-state index in [1.54, 1.807) is 6.07 Å². The first-order valence-electron chi connectivity index (χ1n) is 6.14. The Balaban J connectivity index is 2.14. The van der Waals surface area contributed by atoms with Gasteiger partial charge >= 0.3 is 0 Å². The normalized spacial score (nSPS) is 19.1. The van der Waals surface area contributed by atoms with Crippen molar-refractivity contribution >= 4 is 15.9 Å². The smallest absolute Gasteiger partial charge is 0.137 e. The minimum Gasteiger partial charge on any atom is -0.319 e. The predicted molar refractivity (Wildman–Crippen MR) is 72.6 cm³/mol. The van der Waals surface area contributed by atoms with Gasteiger partial charge in [-0.1, -0.05) is 13.0 Å². The molecule has 1 aliphatic carbocycles. The lowest BCUT2D eigenvalue weighted by molar-refractivity contribution is 0.263. The highest BCUT2D eigenvalue weighted by Gasteiger charge is 2.40. The van der Waals surface area contributed by atoms with Gasteiger partial charge in [0.1, 0.15) is 5.82 Å². The number of nitrogens with one attached hydrogen (secondary N) is 1. The average molecular weight is 300 g/mol. The highest BCUT2D eigenvalue weighted by Crippen LogP contribution is 2.47. The molecule has 0 aliphatic heterocycles. The van der Waals surface area contributed by atoms with Crippen LogP contribution in [0.1, 0.15) is 25.3 Å². The summed E-state index contributed by atoms with van der Waals surface area (Å²) in [5, 5.41) is 3.29. The zero-order valence-electron chi connectivity index (χ0n) is 10.4. The fourth-order valence-electron chi connectivity index (χ4n) is 2.65. The average Bonchev–Trinajstić information content (AvgIpc) is 3.07. The number of benzene rings is 1. The van der Waals surface area contributed by atoms with Gasteiger partial charge in [0, 0.05) is 6.54 Å². The number of hydrogen-bond acceptors (Lipinski definition) is 1. The third-order valence-corrected chi connectivity index (χ3v) is 4.34. The van der Waals surface area contributed by atoms with Crippen LogP contribution in [0.3, 0.4) is 0 Å². The Hall–Kier alpha value is -0.410. The molecule has 0 bridgehead atoms. The Labute approximate surface area is 111 Å². The lowest BCUT2D eigenvalue weighted by Gasteiger charge is -2.30. The second-order valence-corrected chi connectivity index (χ2v) is 6.24. The van der Waals surface area contributed by atoms with Crippen LogP contribution in [-0.2, 0) is 6.42 Å². The van der Waals surface area contributed by atoms with Gasteiger partial charge in [0.05, 0.1) is 4.47 Å². The van der Waals surface area contributed by atoms with E-state index >= 15 is 0 Å². The van der Waals surface area contributed by atoms with Crippen molar-refractivity contribution in [3.05, 3.63) is 34.1 Å². The summed E-state index contributed by atoms with van der Waals surface area (Å²) in [6, 6.07) is 5.36. The zero-order valence-corrected chi connectivity index (χ0v) is 12.0. The summed E-state index contributed by atoms with van der Waals surface area (Å²) in [7, 11) is 2.00. The number of rotatable bonds is 5. The molecule has 1 nitrogen and oxygen atoms in total. The quantitative estimate of drug-likeness (QED) is 0.873. The minimum atomic E-state index is -0.185. The van der Waals surface area contributed by atoms with Gasteiger partial charge in [-0.25, -0.2) is 4.39 Å². The molecule has 0 saturated heterocycles. The van der Waals surface area contributed by atoms with E-state index in [1.807, 2.05) is 19.2 Å². The molecule has 1 saturated carbocycles. The summed E-state index contributed by atoms with van der Waals surface area (Å²) in [6.45, 7) is 3.35. The topological polar surface area (TPSA) is 12.0 Å². The maximum atomic E-state index is 13.2. The summed E-state index contributed by atoms with van der Waals surface area (Å²) in [5.74, 6) is 0.634. The van der Waals surface area contributed by atoms with E-state index < -0.39 is 0 Å². The van der Waals surface area contributed by atoms with Crippen LogP contribution >= 0.6 is 15.9 Å². The van der Waals surface area contributed by atoms with Crippen molar-refractivity contribution in [2.45, 2.75) is 26.2 Å². The van der Waals surface area contributed by atoms with Crippen molar-refractivity contribution in [1.82, 2.24) is 5.32 Å². The highest BCUT2D eigenvalue weighted by molar-refractivity contribution is 9.10. The molecule has 2 rings (SSSR count). The van der Waals surface area contributed by atoms with Crippen LogP contribution in [0.15, 0.2) is 22.7 Å². The van der Waals surface area contributed by atoms with E-state index in [-0.39, 0.29) is 5.82 Å². The van der Waals surface area contributed by atoms with Crippen LogP contribution in [0.2, 0.25) is 0 Å². The van der Waals surface area contributed by atoms with E-state index in [0.29, 0.717) is 9.89 Å². The Kier molecular flexibility index (Phi) is 3.88. The molecule has 94 valence electrons. The van der Waals surface area contributed by atoms with Gasteiger partial charge in [-0.15, -0.1) is 0 Å². The monoisotopic (exact) mass is 299 g/mol. The number of hydrogen-bond donors (Lipinski definition) is 1. The van der Waals surface area contributed by atoms with Gasteiger partial charge in [-0.05, 0) is 71.3 Å². The predicted octanol–water partition coefficient (Wildman–Crippen LogP) is 3.77. The fraction of sp³-hybridized carbons (Fsp3) is 0.571. The van der Waals surface area contributed by atoms with E-state index in [4.69, 9.17) is 0 Å². The molecule has 0 heterocycles. The molecule has 0 amide bonds. The second-order valence-electron chi connectivity index (χ2n) is 5.38. The summed E-state index contributed by atoms with van der Waals surface area (Å²) in [6.07, 6.45) is 3.68. The van der Waals surface area contributed by atoms with Crippen molar-refractivity contribution in [3.63, 3.8) is 0 Å². The van der Waals surface area contributed by atoms with Crippen molar-refractivity contribution in [2.24, 2.45) is 11.3 Å². The first kappa shape index (κ1) is 13.0. The molecule has 1 unspecified atom stereocenters. The summed E-state index contributed by atoms with van der Waals surface area (Å²) >= 11 is 3.25. The van der Waals surface area contributed by atoms with Gasteiger partial charge in [-0.3, -0.25) is 0 Å². The third-order valence-electron chi connectivity index (χ3n) is 3.74. The maximum absolute atomic E-state index is 13.2. The van der Waals surface area contributed by atoms with Gasteiger partial charge < -0.3 is 5.32 Å². The molecule has 0 spiro atoms. The minimum absolute atomic E-state index is 0.185. The first-order valence-corrected chi connectivity index (χ1v) is 6.93. The van der Waals surface area contributed by atoms with Crippen LogP contribution in [0, 0.1) is 17.2 Å². The Bertz CT molecular complexity index is 403. The molecule has 1 aromatic rings. The second kappa shape index (κ2) is 5.07. The van der Waals surface area contributed by atoms with Crippen molar-refractivity contribution < 1.29 is 4.39 Å². The summed E-state index contributed by atoms with van der Waals surface area (Å²) in [5.41, 5.74) is 1.51. The zero-order chi connectivity index (χ0) is 12.5. The molecule has 1 atom stereocenters. The summed E-state index contributed by atoms with van der Waals surface area (Å²) < 4.78 is 13.8. The Morgan fingerprint density at radius 2 is 2.18 bits per heavy atom. The van der Waals surface area contributed by atoms with Gasteiger partial charge in [0.2, 0.25) is 0 Å². The highest BCUT2D eigenvalue weighted by atomic mass is 79.9. The molecular formula is C14H19BrFN.